The van der Waals surface area contributed by atoms with Crippen LogP contribution in [0.3, 0.4) is 0 Å². The van der Waals surface area contributed by atoms with E-state index >= 15 is 0 Å². The molecule has 0 aliphatic carbocycles. The molecule has 0 unspecified atom stereocenters. The molecule has 0 atom stereocenters. The number of fused-ring (bicyclic) bond motifs is 1. The molecule has 0 amide bonds. The molecule has 130 valence electrons. The highest BCUT2D eigenvalue weighted by atomic mass is 16.1. The summed E-state index contributed by atoms with van der Waals surface area (Å²) in [7, 11) is 3.92. The third-order valence-electron chi connectivity index (χ3n) is 4.79. The van der Waals surface area contributed by atoms with Crippen molar-refractivity contribution in [3.05, 3.63) is 72.2 Å². The zero-order chi connectivity index (χ0) is 18.3. The van der Waals surface area contributed by atoms with Gasteiger partial charge in [0, 0.05) is 54.9 Å². The quantitative estimate of drug-likeness (QED) is 0.530. The third kappa shape index (κ3) is 2.92. The van der Waals surface area contributed by atoms with Crippen molar-refractivity contribution in [2.24, 2.45) is 14.1 Å². The molecule has 0 spiro atoms. The normalized spacial score (nSPS) is 11.2. The molecular formula is C21H20N4O. The van der Waals surface area contributed by atoms with Gasteiger partial charge >= 0.3 is 0 Å². The highest BCUT2D eigenvalue weighted by Gasteiger charge is 2.11. The van der Waals surface area contributed by atoms with Gasteiger partial charge in [-0.1, -0.05) is 12.1 Å². The van der Waals surface area contributed by atoms with Crippen LogP contribution in [0.1, 0.15) is 21.9 Å². The molecule has 3 heterocycles. The van der Waals surface area contributed by atoms with Crippen molar-refractivity contribution in [1.29, 1.82) is 0 Å². The lowest BCUT2D eigenvalue weighted by molar-refractivity contribution is 0.0992. The van der Waals surface area contributed by atoms with E-state index < -0.39 is 0 Å². The van der Waals surface area contributed by atoms with Gasteiger partial charge in [0.25, 0.3) is 0 Å². The van der Waals surface area contributed by atoms with Crippen LogP contribution in [0.4, 0.5) is 0 Å². The fourth-order valence-electron chi connectivity index (χ4n) is 3.15. The molecule has 0 aliphatic heterocycles. The largest absolute Gasteiger partial charge is 0.357 e. The number of Topliss-reactive ketones (excluding diaryl/α,β-unsaturated/α-hetero) is 1. The Labute approximate surface area is 151 Å². The van der Waals surface area contributed by atoms with Crippen molar-refractivity contribution in [1.82, 2.24) is 19.1 Å². The molecule has 0 aliphatic rings. The predicted octanol–water partition coefficient (Wildman–Crippen LogP) is 3.71. The van der Waals surface area contributed by atoms with Gasteiger partial charge in [-0.15, -0.1) is 0 Å². The minimum atomic E-state index is 0.0795. The van der Waals surface area contributed by atoms with Gasteiger partial charge in [-0.05, 0) is 30.5 Å². The van der Waals surface area contributed by atoms with Gasteiger partial charge in [-0.25, -0.2) is 4.98 Å². The van der Waals surface area contributed by atoms with Crippen LogP contribution < -0.4 is 0 Å². The number of imidazole rings is 1. The molecule has 0 saturated heterocycles. The molecule has 5 heteroatoms. The van der Waals surface area contributed by atoms with Gasteiger partial charge in [0.1, 0.15) is 5.82 Å². The zero-order valence-corrected chi connectivity index (χ0v) is 15.1. The molecule has 26 heavy (non-hydrogen) atoms. The van der Waals surface area contributed by atoms with Crippen LogP contribution in [0, 0.1) is 6.92 Å². The van der Waals surface area contributed by atoms with E-state index in [1.165, 1.54) is 0 Å². The van der Waals surface area contributed by atoms with E-state index in [9.17, 15) is 4.79 Å². The van der Waals surface area contributed by atoms with Gasteiger partial charge < -0.3 is 9.13 Å². The smallest absolute Gasteiger partial charge is 0.170 e. The zero-order valence-electron chi connectivity index (χ0n) is 15.1. The number of carbonyl (C=O) groups is 1. The van der Waals surface area contributed by atoms with Gasteiger partial charge in [0.15, 0.2) is 5.78 Å². The molecule has 4 rings (SSSR count). The third-order valence-corrected chi connectivity index (χ3v) is 4.79. The van der Waals surface area contributed by atoms with E-state index in [4.69, 9.17) is 0 Å². The fourth-order valence-corrected chi connectivity index (χ4v) is 3.15. The molecule has 0 bridgehead atoms. The van der Waals surface area contributed by atoms with Crippen molar-refractivity contribution in [3.63, 3.8) is 0 Å². The Balaban J connectivity index is 1.67. The first-order chi connectivity index (χ1) is 12.5. The Kier molecular flexibility index (Phi) is 3.92. The number of rotatable bonds is 4. The minimum absolute atomic E-state index is 0.0795. The standard InChI is InChI=1S/C21H20N4O/c1-14-22-12-20(25(14)3)15-4-5-16-11-23-19(9-18(16)8-15)10-21(26)17-6-7-24(2)13-17/h4-9,11-13H,10H2,1-3H3. The second-order valence-corrected chi connectivity index (χ2v) is 6.65. The Morgan fingerprint density at radius 1 is 1.04 bits per heavy atom. The molecule has 1 aromatic carbocycles. The van der Waals surface area contributed by atoms with Crippen LogP contribution in [0.25, 0.3) is 22.0 Å². The number of pyridine rings is 1. The average Bonchev–Trinajstić information content (AvgIpc) is 3.21. The summed E-state index contributed by atoms with van der Waals surface area (Å²) in [6, 6.07) is 10.1. The summed E-state index contributed by atoms with van der Waals surface area (Å²) in [4.78, 5) is 21.3. The van der Waals surface area contributed by atoms with Gasteiger partial charge in [0.2, 0.25) is 0 Å². The van der Waals surface area contributed by atoms with E-state index in [2.05, 4.69) is 32.7 Å². The molecule has 0 fully saturated rings. The summed E-state index contributed by atoms with van der Waals surface area (Å²) < 4.78 is 3.95. The monoisotopic (exact) mass is 344 g/mol. The highest BCUT2D eigenvalue weighted by Crippen LogP contribution is 2.25. The summed E-state index contributed by atoms with van der Waals surface area (Å²) >= 11 is 0. The lowest BCUT2D eigenvalue weighted by Crippen LogP contribution is -2.04. The highest BCUT2D eigenvalue weighted by molar-refractivity contribution is 5.97. The topological polar surface area (TPSA) is 52.7 Å². The number of carbonyl (C=O) groups excluding carboxylic acids is 1. The summed E-state index contributed by atoms with van der Waals surface area (Å²) in [6.07, 6.45) is 7.74. The Hall–Kier alpha value is -3.21. The van der Waals surface area contributed by atoms with Gasteiger partial charge in [-0.2, -0.15) is 0 Å². The fraction of sp³-hybridized carbons (Fsp3) is 0.190. The SMILES string of the molecule is Cc1ncc(-c2ccc3cnc(CC(=O)c4ccn(C)c4)cc3c2)n1C. The Morgan fingerprint density at radius 3 is 2.58 bits per heavy atom. The number of nitrogens with zero attached hydrogens (tertiary/aromatic N) is 4. The lowest BCUT2D eigenvalue weighted by atomic mass is 10.0. The number of hydrogen-bond acceptors (Lipinski definition) is 3. The predicted molar refractivity (Wildman–Crippen MR) is 102 cm³/mol. The Bertz CT molecular complexity index is 1120. The number of hydrogen-bond donors (Lipinski definition) is 0. The molecule has 5 nitrogen and oxygen atoms in total. The first-order valence-corrected chi connectivity index (χ1v) is 8.54. The van der Waals surface area contributed by atoms with Crippen LogP contribution in [0.5, 0.6) is 0 Å². The van der Waals surface area contributed by atoms with Crippen LogP contribution in [-0.4, -0.2) is 24.9 Å². The van der Waals surface area contributed by atoms with Gasteiger partial charge in [0.05, 0.1) is 18.3 Å². The number of aromatic nitrogens is 4. The molecular weight excluding hydrogens is 324 g/mol. The number of benzene rings is 1. The first-order valence-electron chi connectivity index (χ1n) is 8.54. The number of aryl methyl sites for hydroxylation is 2. The number of ketones is 1. The van der Waals surface area contributed by atoms with Crippen molar-refractivity contribution >= 4 is 16.6 Å². The Morgan fingerprint density at radius 2 is 1.88 bits per heavy atom. The maximum atomic E-state index is 12.4. The summed E-state index contributed by atoms with van der Waals surface area (Å²) in [5.74, 6) is 1.06. The van der Waals surface area contributed by atoms with E-state index in [0.717, 1.165) is 33.5 Å². The lowest BCUT2D eigenvalue weighted by Gasteiger charge is -2.07. The van der Waals surface area contributed by atoms with E-state index in [0.29, 0.717) is 12.0 Å². The molecule has 0 saturated carbocycles. The van der Waals surface area contributed by atoms with Crippen molar-refractivity contribution < 1.29 is 4.79 Å². The second kappa shape index (κ2) is 6.26. The summed E-state index contributed by atoms with van der Waals surface area (Å²) in [5.41, 5.74) is 3.67. The second-order valence-electron chi connectivity index (χ2n) is 6.65. The van der Waals surface area contributed by atoms with Crippen LogP contribution in [0.2, 0.25) is 0 Å². The van der Waals surface area contributed by atoms with E-state index in [1.54, 1.807) is 0 Å². The van der Waals surface area contributed by atoms with Crippen molar-refractivity contribution in [2.45, 2.75) is 13.3 Å². The van der Waals surface area contributed by atoms with Crippen LogP contribution in [-0.2, 0) is 20.5 Å². The van der Waals surface area contributed by atoms with Crippen LogP contribution >= 0.6 is 0 Å². The maximum absolute atomic E-state index is 12.4. The molecule has 4 aromatic rings. The molecule has 3 aromatic heterocycles. The van der Waals surface area contributed by atoms with E-state index in [-0.39, 0.29) is 5.78 Å². The van der Waals surface area contributed by atoms with E-state index in [1.807, 2.05) is 62.5 Å². The molecule has 0 N–H and O–H groups in total. The summed E-state index contributed by atoms with van der Waals surface area (Å²) in [6.45, 7) is 1.99. The average molecular weight is 344 g/mol. The first kappa shape index (κ1) is 16.3. The van der Waals surface area contributed by atoms with Gasteiger partial charge in [-0.3, -0.25) is 9.78 Å². The van der Waals surface area contributed by atoms with Crippen LogP contribution in [0.15, 0.2) is 55.1 Å². The summed E-state index contributed by atoms with van der Waals surface area (Å²) in [5, 5.41) is 2.13. The van der Waals surface area contributed by atoms with Crippen molar-refractivity contribution in [2.75, 3.05) is 0 Å². The van der Waals surface area contributed by atoms with Crippen molar-refractivity contribution in [3.8, 4) is 11.3 Å². The minimum Gasteiger partial charge on any atom is -0.357 e. The maximum Gasteiger partial charge on any atom is 0.170 e. The molecule has 0 radical (unpaired) electrons.